The Morgan fingerprint density at radius 2 is 1.78 bits per heavy atom. The summed E-state index contributed by atoms with van der Waals surface area (Å²) in [6.45, 7) is 0. The molecular weight excluding hydrogens is 290 g/mol. The van der Waals surface area contributed by atoms with Gasteiger partial charge in [0.25, 0.3) is 5.91 Å². The number of aromatic hydroxyl groups is 1. The Morgan fingerprint density at radius 3 is 2.48 bits per heavy atom. The fourth-order valence-electron chi connectivity index (χ4n) is 3.13. The van der Waals surface area contributed by atoms with E-state index >= 15 is 0 Å². The van der Waals surface area contributed by atoms with Crippen molar-refractivity contribution in [1.29, 1.82) is 0 Å². The van der Waals surface area contributed by atoms with Gasteiger partial charge < -0.3 is 10.0 Å². The minimum absolute atomic E-state index is 0.0762. The maximum atomic E-state index is 12.5. The Balaban J connectivity index is 1.90. The van der Waals surface area contributed by atoms with Crippen molar-refractivity contribution in [3.8, 4) is 17.0 Å². The number of rotatable bonds is 2. The zero-order valence-corrected chi connectivity index (χ0v) is 12.5. The minimum atomic E-state index is -0.216. The van der Waals surface area contributed by atoms with E-state index in [0.29, 0.717) is 5.69 Å². The van der Waals surface area contributed by atoms with Gasteiger partial charge in [-0.15, -0.1) is 0 Å². The van der Waals surface area contributed by atoms with Crippen LogP contribution in [0.1, 0.15) is 27.7 Å². The molecule has 3 aromatic rings. The van der Waals surface area contributed by atoms with Gasteiger partial charge in [-0.3, -0.25) is 9.89 Å². The number of H-pyrrole nitrogens is 1. The second-order valence-corrected chi connectivity index (χ2v) is 5.64. The van der Waals surface area contributed by atoms with Gasteiger partial charge in [-0.2, -0.15) is 5.10 Å². The third-order valence-corrected chi connectivity index (χ3v) is 4.25. The summed E-state index contributed by atoms with van der Waals surface area (Å²) >= 11 is 0. The molecular formula is C18H15N3O2. The lowest BCUT2D eigenvalue weighted by molar-refractivity contribution is 0.0788. The normalized spacial score (nSPS) is 16.7. The number of hydrogen-bond donors (Lipinski definition) is 2. The van der Waals surface area contributed by atoms with E-state index < -0.39 is 0 Å². The highest BCUT2D eigenvalue weighted by Gasteiger charge is 2.39. The van der Waals surface area contributed by atoms with Crippen LogP contribution >= 0.6 is 0 Å². The summed E-state index contributed by atoms with van der Waals surface area (Å²) in [5.41, 5.74) is 4.11. The molecule has 0 bridgehead atoms. The first-order valence-electron chi connectivity index (χ1n) is 7.36. The Morgan fingerprint density at radius 1 is 1.09 bits per heavy atom. The fourth-order valence-corrected chi connectivity index (χ4v) is 3.13. The molecule has 1 aliphatic rings. The van der Waals surface area contributed by atoms with Gasteiger partial charge in [-0.25, -0.2) is 0 Å². The maximum Gasteiger partial charge on any atom is 0.272 e. The van der Waals surface area contributed by atoms with E-state index in [1.54, 1.807) is 24.1 Å². The number of carbonyl (C=O) groups is 1. The van der Waals surface area contributed by atoms with Crippen molar-refractivity contribution in [2.24, 2.45) is 0 Å². The SMILES string of the molecule is CN1C(=O)c2[nH]nc(-c3ccccc3)c2[C@@H]1c1ccc(O)cc1. The fraction of sp³-hybridized carbons (Fsp3) is 0.111. The minimum Gasteiger partial charge on any atom is -0.508 e. The molecule has 0 radical (unpaired) electrons. The Kier molecular flexibility index (Phi) is 2.94. The molecule has 23 heavy (non-hydrogen) atoms. The Labute approximate surface area is 133 Å². The molecule has 0 saturated carbocycles. The number of nitrogens with one attached hydrogen (secondary N) is 1. The largest absolute Gasteiger partial charge is 0.508 e. The third-order valence-electron chi connectivity index (χ3n) is 4.25. The molecule has 1 aromatic heterocycles. The van der Waals surface area contributed by atoms with Crippen LogP contribution in [0.2, 0.25) is 0 Å². The molecule has 0 fully saturated rings. The van der Waals surface area contributed by atoms with Crippen molar-refractivity contribution < 1.29 is 9.90 Å². The van der Waals surface area contributed by atoms with Crippen molar-refractivity contribution in [3.63, 3.8) is 0 Å². The number of phenolic OH excluding ortho intramolecular Hbond substituents is 1. The van der Waals surface area contributed by atoms with Crippen LogP contribution in [0.3, 0.4) is 0 Å². The van der Waals surface area contributed by atoms with Crippen LogP contribution in [0.4, 0.5) is 0 Å². The van der Waals surface area contributed by atoms with Crippen molar-refractivity contribution in [2.75, 3.05) is 7.05 Å². The molecule has 2 heterocycles. The number of aromatic nitrogens is 2. The number of aromatic amines is 1. The van der Waals surface area contributed by atoms with Crippen molar-refractivity contribution in [1.82, 2.24) is 15.1 Å². The smallest absolute Gasteiger partial charge is 0.272 e. The topological polar surface area (TPSA) is 69.2 Å². The molecule has 2 aromatic carbocycles. The van der Waals surface area contributed by atoms with Crippen LogP contribution in [0.5, 0.6) is 5.75 Å². The van der Waals surface area contributed by atoms with Crippen LogP contribution in [-0.2, 0) is 0 Å². The van der Waals surface area contributed by atoms with Gasteiger partial charge in [0.2, 0.25) is 0 Å². The number of benzene rings is 2. The summed E-state index contributed by atoms with van der Waals surface area (Å²) in [5.74, 6) is 0.129. The molecule has 2 N–H and O–H groups in total. The zero-order chi connectivity index (χ0) is 16.0. The Bertz CT molecular complexity index is 869. The third kappa shape index (κ3) is 2.01. The molecule has 0 spiro atoms. The molecule has 0 aliphatic carbocycles. The lowest BCUT2D eigenvalue weighted by Crippen LogP contribution is -2.24. The predicted molar refractivity (Wildman–Crippen MR) is 86.1 cm³/mol. The zero-order valence-electron chi connectivity index (χ0n) is 12.5. The van der Waals surface area contributed by atoms with E-state index in [1.807, 2.05) is 42.5 Å². The molecule has 1 aliphatic heterocycles. The number of carbonyl (C=O) groups excluding carboxylic acids is 1. The quantitative estimate of drug-likeness (QED) is 0.765. The molecule has 114 valence electrons. The molecule has 1 atom stereocenters. The molecule has 1 amide bonds. The van der Waals surface area contributed by atoms with Crippen LogP contribution in [0.15, 0.2) is 54.6 Å². The van der Waals surface area contributed by atoms with E-state index in [-0.39, 0.29) is 17.7 Å². The summed E-state index contributed by atoms with van der Waals surface area (Å²) < 4.78 is 0. The van der Waals surface area contributed by atoms with Gasteiger partial charge in [0, 0.05) is 18.2 Å². The van der Waals surface area contributed by atoms with E-state index in [4.69, 9.17) is 0 Å². The van der Waals surface area contributed by atoms with Crippen molar-refractivity contribution in [3.05, 3.63) is 71.4 Å². The predicted octanol–water partition coefficient (Wildman–Crippen LogP) is 2.96. The van der Waals surface area contributed by atoms with Crippen LogP contribution in [-0.4, -0.2) is 33.2 Å². The van der Waals surface area contributed by atoms with Crippen LogP contribution in [0.25, 0.3) is 11.3 Å². The monoisotopic (exact) mass is 305 g/mol. The Hall–Kier alpha value is -3.08. The van der Waals surface area contributed by atoms with Gasteiger partial charge in [0.05, 0.1) is 11.7 Å². The molecule has 5 nitrogen and oxygen atoms in total. The summed E-state index contributed by atoms with van der Waals surface area (Å²) in [5, 5.41) is 16.8. The van der Waals surface area contributed by atoms with Crippen LogP contribution in [0, 0.1) is 0 Å². The molecule has 5 heteroatoms. The van der Waals surface area contributed by atoms with E-state index in [0.717, 1.165) is 22.4 Å². The first kappa shape index (κ1) is 13.6. The lowest BCUT2D eigenvalue weighted by Gasteiger charge is -2.22. The van der Waals surface area contributed by atoms with Gasteiger partial charge in [0.15, 0.2) is 0 Å². The van der Waals surface area contributed by atoms with Crippen LogP contribution < -0.4 is 0 Å². The summed E-state index contributed by atoms with van der Waals surface area (Å²) in [7, 11) is 1.78. The van der Waals surface area contributed by atoms with E-state index in [2.05, 4.69) is 10.2 Å². The molecule has 4 rings (SSSR count). The lowest BCUT2D eigenvalue weighted by atomic mass is 9.96. The van der Waals surface area contributed by atoms with Gasteiger partial charge in [0.1, 0.15) is 11.4 Å². The van der Waals surface area contributed by atoms with Crippen molar-refractivity contribution >= 4 is 5.91 Å². The van der Waals surface area contributed by atoms with E-state index in [9.17, 15) is 9.90 Å². The number of fused-ring (bicyclic) bond motifs is 1. The summed E-state index contributed by atoms with van der Waals surface area (Å²) in [6, 6.07) is 16.5. The van der Waals surface area contributed by atoms with E-state index in [1.165, 1.54) is 0 Å². The maximum absolute atomic E-state index is 12.5. The standard InChI is InChI=1S/C18H15N3O2/c1-21-17(12-7-9-13(22)10-8-12)14-15(11-5-3-2-4-6-11)19-20-16(14)18(21)23/h2-10,17,22H,1H3,(H,19,20)/t17-/m0/s1. The average Bonchev–Trinajstić information content (AvgIpc) is 3.10. The highest BCUT2D eigenvalue weighted by molar-refractivity contribution is 5.99. The molecule has 0 unspecified atom stereocenters. The second-order valence-electron chi connectivity index (χ2n) is 5.64. The van der Waals surface area contributed by atoms with Gasteiger partial charge in [-0.05, 0) is 17.7 Å². The number of nitrogens with zero attached hydrogens (tertiary/aromatic N) is 2. The van der Waals surface area contributed by atoms with Gasteiger partial charge in [-0.1, -0.05) is 42.5 Å². The highest BCUT2D eigenvalue weighted by Crippen LogP contribution is 2.41. The van der Waals surface area contributed by atoms with Gasteiger partial charge >= 0.3 is 0 Å². The summed E-state index contributed by atoms with van der Waals surface area (Å²) in [6.07, 6.45) is 0. The number of phenols is 1. The second kappa shape index (κ2) is 4.98. The average molecular weight is 305 g/mol. The summed E-state index contributed by atoms with van der Waals surface area (Å²) in [4.78, 5) is 14.2. The van der Waals surface area contributed by atoms with Crippen molar-refractivity contribution in [2.45, 2.75) is 6.04 Å². The first-order chi connectivity index (χ1) is 11.2. The first-order valence-corrected chi connectivity index (χ1v) is 7.36. The number of hydrogen-bond acceptors (Lipinski definition) is 3. The molecule has 0 saturated heterocycles. The number of amides is 1. The highest BCUT2D eigenvalue weighted by atomic mass is 16.3.